The van der Waals surface area contributed by atoms with Gasteiger partial charge in [0.2, 0.25) is 0 Å². The minimum Gasteiger partial charge on any atom is -0.480 e. The second-order valence-electron chi connectivity index (χ2n) is 8.38. The van der Waals surface area contributed by atoms with Gasteiger partial charge in [-0.3, -0.25) is 4.90 Å². The molecule has 2 fully saturated rings. The number of benzene rings is 2. The van der Waals surface area contributed by atoms with Crippen molar-refractivity contribution in [3.05, 3.63) is 59.7 Å². The van der Waals surface area contributed by atoms with Crippen LogP contribution in [-0.4, -0.2) is 59.3 Å². The third-order valence-electron chi connectivity index (χ3n) is 6.07. The summed E-state index contributed by atoms with van der Waals surface area (Å²) in [6, 6.07) is 15.0. The second-order valence-corrected chi connectivity index (χ2v) is 8.38. The first-order valence-corrected chi connectivity index (χ1v) is 10.1. The summed E-state index contributed by atoms with van der Waals surface area (Å²) in [6.45, 7) is 3.74. The number of hydrogen-bond donors (Lipinski definition) is 1. The largest absolute Gasteiger partial charge is 0.480 e. The number of nitrogens with zero attached hydrogens (tertiary/aromatic N) is 1. The van der Waals surface area contributed by atoms with Gasteiger partial charge < -0.3 is 19.3 Å². The molecule has 0 radical (unpaired) electrons. The molecule has 1 N–H and O–H groups in total. The maximum atomic E-state index is 12.9. The first kappa shape index (κ1) is 19.1. The maximum absolute atomic E-state index is 12.9. The Hall–Kier alpha value is -2.90. The van der Waals surface area contributed by atoms with Gasteiger partial charge in [-0.15, -0.1) is 0 Å². The van der Waals surface area contributed by atoms with Crippen molar-refractivity contribution in [3.63, 3.8) is 0 Å². The van der Waals surface area contributed by atoms with E-state index in [-0.39, 0.29) is 19.1 Å². The molecule has 0 unspecified atom stereocenters. The van der Waals surface area contributed by atoms with E-state index < -0.39 is 36.1 Å². The number of amides is 1. The van der Waals surface area contributed by atoms with Crippen LogP contribution < -0.4 is 0 Å². The molecular formula is C23H23NO6. The predicted molar refractivity (Wildman–Crippen MR) is 107 cm³/mol. The Bertz CT molecular complexity index is 973. The van der Waals surface area contributed by atoms with Gasteiger partial charge in [-0.05, 0) is 36.1 Å². The molecule has 2 aromatic carbocycles. The number of carboxylic acid groups (broad SMARTS) is 1. The molecule has 0 aromatic heterocycles. The van der Waals surface area contributed by atoms with Crippen LogP contribution in [0.5, 0.6) is 0 Å². The highest BCUT2D eigenvalue weighted by molar-refractivity contribution is 5.82. The quantitative estimate of drug-likeness (QED) is 0.838. The summed E-state index contributed by atoms with van der Waals surface area (Å²) >= 11 is 0. The van der Waals surface area contributed by atoms with Crippen molar-refractivity contribution in [2.75, 3.05) is 13.2 Å². The molecule has 7 heteroatoms. The summed E-state index contributed by atoms with van der Waals surface area (Å²) in [5.74, 6) is -2.08. The number of fused-ring (bicyclic) bond motifs is 4. The fourth-order valence-electron chi connectivity index (χ4n) is 4.90. The van der Waals surface area contributed by atoms with E-state index in [9.17, 15) is 14.7 Å². The SMILES string of the molecule is CC1(C)O[C@@H]2[C@@H](CN(C(=O)OCC3c4ccccc4-c4ccccc43)[C@H]2C(=O)O)O1. The molecule has 1 aliphatic carbocycles. The van der Waals surface area contributed by atoms with Gasteiger partial charge in [0.25, 0.3) is 0 Å². The highest BCUT2D eigenvalue weighted by Crippen LogP contribution is 2.44. The molecule has 7 nitrogen and oxygen atoms in total. The molecule has 2 aromatic rings. The minimum atomic E-state index is -1.13. The van der Waals surface area contributed by atoms with Crippen molar-refractivity contribution in [2.24, 2.45) is 0 Å². The summed E-state index contributed by atoms with van der Waals surface area (Å²) in [4.78, 5) is 25.9. The summed E-state index contributed by atoms with van der Waals surface area (Å²) in [6.07, 6.45) is -1.86. The van der Waals surface area contributed by atoms with Crippen molar-refractivity contribution < 1.29 is 28.9 Å². The van der Waals surface area contributed by atoms with Crippen LogP contribution in [0.1, 0.15) is 30.9 Å². The molecular weight excluding hydrogens is 386 g/mol. The Labute approximate surface area is 174 Å². The Kier molecular flexibility index (Phi) is 4.34. The fourth-order valence-corrected chi connectivity index (χ4v) is 4.90. The molecule has 2 aliphatic heterocycles. The maximum Gasteiger partial charge on any atom is 0.410 e. The van der Waals surface area contributed by atoms with Crippen LogP contribution in [0.4, 0.5) is 4.79 Å². The second kappa shape index (κ2) is 6.82. The lowest BCUT2D eigenvalue weighted by Gasteiger charge is -2.27. The third kappa shape index (κ3) is 2.97. The standard InChI is InChI=1S/C23H23NO6/c1-23(2)29-18-11-24(19(21(25)26)20(18)30-23)22(27)28-12-17-15-9-5-3-7-13(15)14-8-4-6-10-16(14)17/h3-10,17-20H,11-12H2,1-2H3,(H,25,26)/t18-,19-,20-/m1/s1. The Morgan fingerprint density at radius 2 is 1.67 bits per heavy atom. The van der Waals surface area contributed by atoms with Gasteiger partial charge in [-0.2, -0.15) is 0 Å². The molecule has 3 atom stereocenters. The van der Waals surface area contributed by atoms with Crippen LogP contribution in [-0.2, 0) is 19.0 Å². The zero-order valence-electron chi connectivity index (χ0n) is 16.8. The van der Waals surface area contributed by atoms with Crippen molar-refractivity contribution in [3.8, 4) is 11.1 Å². The minimum absolute atomic E-state index is 0.0850. The fraction of sp³-hybridized carbons (Fsp3) is 0.391. The summed E-state index contributed by atoms with van der Waals surface area (Å²) in [5, 5.41) is 9.70. The van der Waals surface area contributed by atoms with Gasteiger partial charge in [0.15, 0.2) is 11.8 Å². The number of aliphatic carboxylic acids is 1. The number of rotatable bonds is 3. The zero-order valence-corrected chi connectivity index (χ0v) is 16.8. The number of hydrogen-bond acceptors (Lipinski definition) is 5. The van der Waals surface area contributed by atoms with E-state index >= 15 is 0 Å². The Balaban J connectivity index is 1.34. The van der Waals surface area contributed by atoms with Gasteiger partial charge in [0.1, 0.15) is 18.8 Å². The van der Waals surface area contributed by atoms with Crippen LogP contribution in [0.3, 0.4) is 0 Å². The smallest absolute Gasteiger partial charge is 0.410 e. The van der Waals surface area contributed by atoms with Crippen molar-refractivity contribution in [2.45, 2.75) is 43.8 Å². The molecule has 0 saturated carbocycles. The average molecular weight is 409 g/mol. The first-order chi connectivity index (χ1) is 14.4. The van der Waals surface area contributed by atoms with E-state index in [1.807, 2.05) is 36.4 Å². The van der Waals surface area contributed by atoms with Gasteiger partial charge in [-0.25, -0.2) is 9.59 Å². The normalized spacial score (nSPS) is 26.2. The molecule has 3 aliphatic rings. The summed E-state index contributed by atoms with van der Waals surface area (Å²) in [7, 11) is 0. The molecule has 0 spiro atoms. The number of carbonyl (C=O) groups excluding carboxylic acids is 1. The van der Waals surface area contributed by atoms with Crippen molar-refractivity contribution >= 4 is 12.1 Å². The van der Waals surface area contributed by atoms with Gasteiger partial charge in [-0.1, -0.05) is 48.5 Å². The zero-order chi connectivity index (χ0) is 21.0. The summed E-state index contributed by atoms with van der Waals surface area (Å²) < 4.78 is 17.1. The van der Waals surface area contributed by atoms with Crippen LogP contribution in [0.25, 0.3) is 11.1 Å². The van der Waals surface area contributed by atoms with E-state index in [1.54, 1.807) is 13.8 Å². The van der Waals surface area contributed by atoms with E-state index in [0.717, 1.165) is 22.3 Å². The molecule has 5 rings (SSSR count). The molecule has 30 heavy (non-hydrogen) atoms. The lowest BCUT2D eigenvalue weighted by Crippen LogP contribution is -2.47. The third-order valence-corrected chi connectivity index (χ3v) is 6.07. The van der Waals surface area contributed by atoms with Gasteiger partial charge >= 0.3 is 12.1 Å². The number of carbonyl (C=O) groups is 2. The lowest BCUT2D eigenvalue weighted by molar-refractivity contribution is -0.168. The van der Waals surface area contributed by atoms with E-state index in [1.165, 1.54) is 4.90 Å². The highest BCUT2D eigenvalue weighted by atomic mass is 16.8. The molecule has 156 valence electrons. The Morgan fingerprint density at radius 3 is 2.27 bits per heavy atom. The van der Waals surface area contributed by atoms with Crippen molar-refractivity contribution in [1.82, 2.24) is 4.90 Å². The molecule has 2 saturated heterocycles. The van der Waals surface area contributed by atoms with Gasteiger partial charge in [0.05, 0.1) is 6.54 Å². The molecule has 2 heterocycles. The summed E-state index contributed by atoms with van der Waals surface area (Å²) in [5.41, 5.74) is 4.48. The van der Waals surface area contributed by atoms with Crippen LogP contribution in [0.2, 0.25) is 0 Å². The lowest BCUT2D eigenvalue weighted by atomic mass is 9.98. The number of carboxylic acids is 1. The first-order valence-electron chi connectivity index (χ1n) is 10.1. The molecule has 1 amide bonds. The predicted octanol–water partition coefficient (Wildman–Crippen LogP) is 3.22. The van der Waals surface area contributed by atoms with Crippen LogP contribution >= 0.6 is 0 Å². The van der Waals surface area contributed by atoms with Crippen LogP contribution in [0.15, 0.2) is 48.5 Å². The van der Waals surface area contributed by atoms with Gasteiger partial charge in [0, 0.05) is 5.92 Å². The van der Waals surface area contributed by atoms with E-state index in [0.29, 0.717) is 0 Å². The Morgan fingerprint density at radius 1 is 1.07 bits per heavy atom. The molecule has 0 bridgehead atoms. The van der Waals surface area contributed by atoms with Crippen molar-refractivity contribution in [1.29, 1.82) is 0 Å². The van der Waals surface area contributed by atoms with E-state index in [4.69, 9.17) is 14.2 Å². The number of likely N-dealkylation sites (tertiary alicyclic amines) is 1. The van der Waals surface area contributed by atoms with Crippen LogP contribution in [0, 0.1) is 0 Å². The highest BCUT2D eigenvalue weighted by Gasteiger charge is 2.57. The number of ether oxygens (including phenoxy) is 3. The van der Waals surface area contributed by atoms with E-state index in [2.05, 4.69) is 12.1 Å². The average Bonchev–Trinajstić information content (AvgIpc) is 3.31. The monoisotopic (exact) mass is 409 g/mol. The topological polar surface area (TPSA) is 85.3 Å².